The zero-order valence-electron chi connectivity index (χ0n) is 15.3. The Balaban J connectivity index is 0. The van der Waals surface area contributed by atoms with Crippen LogP contribution in [0.1, 0.15) is 81.6 Å². The van der Waals surface area contributed by atoms with Crippen LogP contribution >= 0.6 is 0 Å². The maximum Gasteiger partial charge on any atom is 0.00137 e. The molecule has 2 fully saturated rings. The first-order valence-corrected chi connectivity index (χ1v) is 8.77. The molecule has 3 unspecified atom stereocenters. The summed E-state index contributed by atoms with van der Waals surface area (Å²) in [4.78, 5) is 0. The Morgan fingerprint density at radius 1 is 1.11 bits per heavy atom. The lowest BCUT2D eigenvalue weighted by atomic mass is 9.52. The van der Waals surface area contributed by atoms with Crippen molar-refractivity contribution < 1.29 is 0 Å². The maximum atomic E-state index is 3.56. The lowest BCUT2D eigenvalue weighted by Gasteiger charge is -2.52. The van der Waals surface area contributed by atoms with Gasteiger partial charge in [0, 0.05) is 6.54 Å². The van der Waals surface area contributed by atoms with Crippen LogP contribution < -0.4 is 5.32 Å². The average molecular weight is 272 g/mol. The number of rotatable bonds is 2. The van der Waals surface area contributed by atoms with E-state index < -0.39 is 0 Å². The van der Waals surface area contributed by atoms with Gasteiger partial charge in [0.1, 0.15) is 0 Å². The van der Waals surface area contributed by atoms with Crippen molar-refractivity contribution in [3.05, 3.63) is 0 Å². The molecule has 1 aliphatic heterocycles. The summed E-state index contributed by atoms with van der Waals surface area (Å²) >= 11 is 0. The summed E-state index contributed by atoms with van der Waals surface area (Å²) in [7, 11) is 0. The molecule has 1 N–H and O–H groups in total. The van der Waals surface area contributed by atoms with Gasteiger partial charge < -0.3 is 5.32 Å². The highest BCUT2D eigenvalue weighted by Gasteiger charge is 2.54. The molecule has 1 saturated heterocycles. The first kappa shape index (κ1) is 21.3. The van der Waals surface area contributed by atoms with Crippen molar-refractivity contribution in [2.75, 3.05) is 13.1 Å². The molecule has 0 amide bonds. The lowest BCUT2D eigenvalue weighted by molar-refractivity contribution is -0.0165. The summed E-state index contributed by atoms with van der Waals surface area (Å²) in [5.74, 6) is 2.85. The van der Waals surface area contributed by atoms with Crippen molar-refractivity contribution in [2.24, 2.45) is 23.2 Å². The number of hydrogen-bond donors (Lipinski definition) is 1. The van der Waals surface area contributed by atoms with Crippen LogP contribution in [0.15, 0.2) is 0 Å². The van der Waals surface area contributed by atoms with Crippen LogP contribution in [0.5, 0.6) is 0 Å². The third-order valence-corrected chi connectivity index (χ3v) is 4.07. The van der Waals surface area contributed by atoms with Crippen molar-refractivity contribution in [3.63, 3.8) is 0 Å². The molecule has 1 heteroatoms. The van der Waals surface area contributed by atoms with Crippen molar-refractivity contribution in [3.8, 4) is 0 Å². The van der Waals surface area contributed by atoms with E-state index in [1.165, 1.54) is 32.4 Å². The Morgan fingerprint density at radius 2 is 1.58 bits per heavy atom. The van der Waals surface area contributed by atoms with E-state index >= 15 is 0 Å². The molecule has 0 aromatic heterocycles. The molecule has 1 heterocycles. The second-order valence-electron chi connectivity index (χ2n) is 6.00. The largest absolute Gasteiger partial charge is 0.316 e. The molecule has 3 atom stereocenters. The summed E-state index contributed by atoms with van der Waals surface area (Å²) in [5.41, 5.74) is 0.703. The molecule has 19 heavy (non-hydrogen) atoms. The Morgan fingerprint density at radius 3 is 1.89 bits per heavy atom. The van der Waals surface area contributed by atoms with E-state index in [1.54, 1.807) is 0 Å². The average Bonchev–Trinajstić information content (AvgIpc) is 2.72. The second-order valence-corrected chi connectivity index (χ2v) is 6.00. The molecule has 0 bridgehead atoms. The van der Waals surface area contributed by atoms with Gasteiger partial charge in [0.05, 0.1) is 0 Å². The van der Waals surface area contributed by atoms with Crippen molar-refractivity contribution in [1.82, 2.24) is 5.32 Å². The smallest absolute Gasteiger partial charge is 0.00137 e. The molecule has 1 aliphatic carbocycles. The predicted molar refractivity (Wildman–Crippen MR) is 90.7 cm³/mol. The Kier molecular flexibility index (Phi) is 13.2. The summed E-state index contributed by atoms with van der Waals surface area (Å²) in [5, 5.41) is 3.56. The van der Waals surface area contributed by atoms with Gasteiger partial charge in [-0.1, -0.05) is 68.7 Å². The van der Waals surface area contributed by atoms with Crippen molar-refractivity contribution in [1.29, 1.82) is 0 Å². The molecular formula is C18H41N. The fraction of sp³-hybridized carbons (Fsp3) is 1.00. The second kappa shape index (κ2) is 11.8. The minimum atomic E-state index is 0.703. The zero-order valence-corrected chi connectivity index (χ0v) is 15.3. The van der Waals surface area contributed by atoms with Gasteiger partial charge in [0.2, 0.25) is 0 Å². The van der Waals surface area contributed by atoms with E-state index in [1.807, 2.05) is 27.7 Å². The van der Waals surface area contributed by atoms with E-state index in [9.17, 15) is 0 Å². The molecule has 0 spiro atoms. The highest BCUT2D eigenvalue weighted by molar-refractivity contribution is 5.06. The van der Waals surface area contributed by atoms with Crippen LogP contribution in [-0.2, 0) is 0 Å². The van der Waals surface area contributed by atoms with Gasteiger partial charge in [-0.2, -0.15) is 0 Å². The normalized spacial score (nSPS) is 30.6. The van der Waals surface area contributed by atoms with Crippen LogP contribution in [0.3, 0.4) is 0 Å². The van der Waals surface area contributed by atoms with Crippen LogP contribution in [0.4, 0.5) is 0 Å². The van der Waals surface area contributed by atoms with Gasteiger partial charge in [0.25, 0.3) is 0 Å². The molecule has 0 aromatic rings. The van der Waals surface area contributed by atoms with Crippen molar-refractivity contribution in [2.45, 2.75) is 81.6 Å². The molecule has 1 nitrogen and oxygen atoms in total. The van der Waals surface area contributed by atoms with Gasteiger partial charge >= 0.3 is 0 Å². The fourth-order valence-electron chi connectivity index (χ4n) is 3.42. The van der Waals surface area contributed by atoms with Crippen molar-refractivity contribution >= 4 is 0 Å². The zero-order chi connectivity index (χ0) is 15.5. The molecule has 1 saturated carbocycles. The summed E-state index contributed by atoms with van der Waals surface area (Å²) in [6.45, 7) is 22.0. The van der Waals surface area contributed by atoms with Gasteiger partial charge in [-0.05, 0) is 42.6 Å². The first-order chi connectivity index (χ1) is 9.06. The van der Waals surface area contributed by atoms with Gasteiger partial charge in [-0.3, -0.25) is 0 Å². The quantitative estimate of drug-likeness (QED) is 0.674. The minimum Gasteiger partial charge on any atom is -0.316 e. The Labute approximate surface area is 123 Å². The summed E-state index contributed by atoms with van der Waals surface area (Å²) < 4.78 is 0. The molecular weight excluding hydrogens is 230 g/mol. The third kappa shape index (κ3) is 5.85. The van der Waals surface area contributed by atoms with Crippen LogP contribution in [-0.4, -0.2) is 13.1 Å². The fourth-order valence-corrected chi connectivity index (χ4v) is 3.42. The third-order valence-electron chi connectivity index (χ3n) is 4.07. The van der Waals surface area contributed by atoms with E-state index in [4.69, 9.17) is 0 Å². The maximum absolute atomic E-state index is 3.56. The Bertz CT molecular complexity index is 188. The molecule has 0 aromatic carbocycles. The summed E-state index contributed by atoms with van der Waals surface area (Å²) in [6, 6.07) is 0. The topological polar surface area (TPSA) is 12.0 Å². The van der Waals surface area contributed by atoms with Gasteiger partial charge in [-0.25, -0.2) is 0 Å². The Hall–Kier alpha value is -0.0400. The summed E-state index contributed by atoms with van der Waals surface area (Å²) in [6.07, 6.45) is 4.16. The predicted octanol–water partition coefficient (Wildman–Crippen LogP) is 5.75. The number of fused-ring (bicyclic) bond motifs is 1. The number of nitrogens with one attached hydrogen (secondary N) is 1. The molecule has 0 radical (unpaired) electrons. The van der Waals surface area contributed by atoms with E-state index in [0.717, 1.165) is 17.8 Å². The molecule has 2 aliphatic rings. The highest BCUT2D eigenvalue weighted by Crippen LogP contribution is 2.56. The van der Waals surface area contributed by atoms with E-state index in [2.05, 4.69) is 39.9 Å². The van der Waals surface area contributed by atoms with Gasteiger partial charge in [0.15, 0.2) is 0 Å². The SMILES string of the molecule is CC.CC.CC(C)CC12CNCC1CC2C.CCC. The highest BCUT2D eigenvalue weighted by atomic mass is 15.0. The minimum absolute atomic E-state index is 0.703. The number of hydrogen-bond acceptors (Lipinski definition) is 1. The monoisotopic (exact) mass is 271 g/mol. The van der Waals surface area contributed by atoms with Crippen LogP contribution in [0.25, 0.3) is 0 Å². The van der Waals surface area contributed by atoms with E-state index in [0.29, 0.717) is 5.41 Å². The molecule has 118 valence electrons. The lowest BCUT2D eigenvalue weighted by Crippen LogP contribution is -2.48. The first-order valence-electron chi connectivity index (χ1n) is 8.77. The van der Waals surface area contributed by atoms with Crippen LogP contribution in [0.2, 0.25) is 0 Å². The van der Waals surface area contributed by atoms with Gasteiger partial charge in [-0.15, -0.1) is 0 Å². The standard InChI is InChI=1S/C11H21N.C3H8.2C2H6/c1-8(2)5-11-7-12-6-10(11)4-9(11)3;1-3-2;2*1-2/h8-10,12H,4-7H2,1-3H3;3H2,1-2H3;2*1-2H3. The van der Waals surface area contributed by atoms with E-state index in [-0.39, 0.29) is 0 Å². The molecule has 2 rings (SSSR count). The van der Waals surface area contributed by atoms with Crippen LogP contribution in [0, 0.1) is 23.2 Å².